The third kappa shape index (κ3) is 12.2. The van der Waals surface area contributed by atoms with Crippen LogP contribution in [-0.2, 0) is 5.41 Å². The van der Waals surface area contributed by atoms with Crippen molar-refractivity contribution in [2.75, 3.05) is 0 Å². The molecule has 0 atom stereocenters. The Bertz CT molecular complexity index is 8200. The van der Waals surface area contributed by atoms with E-state index in [2.05, 4.69) is 409 Å². The topological polar surface area (TPSA) is 61.7 Å². The number of hydrogen-bond acceptors (Lipinski definition) is 4. The van der Waals surface area contributed by atoms with Crippen LogP contribution in [0.4, 0.5) is 0 Å². The zero-order valence-corrected chi connectivity index (χ0v) is 68.1. The molecule has 25 rings (SSSR count). The predicted molar refractivity (Wildman–Crippen MR) is 519 cm³/mol. The van der Waals surface area contributed by atoms with E-state index in [1.165, 1.54) is 180 Å². The molecular weight excluding hydrogens is 1490 g/mol. The van der Waals surface area contributed by atoms with Gasteiger partial charge in [-0.1, -0.05) is 324 Å². The van der Waals surface area contributed by atoms with Gasteiger partial charge < -0.3 is 13.6 Å². The Morgan fingerprint density at radius 1 is 0.228 bits per heavy atom. The lowest BCUT2D eigenvalue weighted by molar-refractivity contribution is 0.591. The molecule has 0 amide bonds. The summed E-state index contributed by atoms with van der Waals surface area (Å²) >= 11 is 0. The van der Waals surface area contributed by atoms with Gasteiger partial charge in [0.05, 0.1) is 22.1 Å². The van der Waals surface area contributed by atoms with Crippen molar-refractivity contribution < 1.29 is 4.42 Å². The van der Waals surface area contributed by atoms with Crippen LogP contribution >= 0.6 is 0 Å². The molecule has 0 N–H and O–H groups in total. The Morgan fingerprint density at radius 3 is 1.06 bits per heavy atom. The molecule has 6 heteroatoms. The van der Waals surface area contributed by atoms with Gasteiger partial charge >= 0.3 is 0 Å². The first-order valence-corrected chi connectivity index (χ1v) is 42.2. The van der Waals surface area contributed by atoms with Gasteiger partial charge in [0.1, 0.15) is 11.2 Å². The van der Waals surface area contributed by atoms with Crippen molar-refractivity contribution in [3.8, 4) is 89.3 Å². The average molecular weight is 1570 g/mol. The van der Waals surface area contributed by atoms with Crippen LogP contribution in [0.25, 0.3) is 230 Å². The molecule has 0 radical (unpaired) electrons. The van der Waals surface area contributed by atoms with Crippen LogP contribution in [0, 0.1) is 0 Å². The van der Waals surface area contributed by atoms with Crippen LogP contribution in [0.1, 0.15) is 26.3 Å². The summed E-state index contributed by atoms with van der Waals surface area (Å²) in [6.07, 6.45) is 11.4. The summed E-state index contributed by atoms with van der Waals surface area (Å²) < 4.78 is 11.1. The normalized spacial score (nSPS) is 11.9. The Balaban J connectivity index is 0.000000107. The van der Waals surface area contributed by atoms with Gasteiger partial charge in [-0.2, -0.15) is 0 Å². The number of para-hydroxylation sites is 6. The lowest BCUT2D eigenvalue weighted by Crippen LogP contribution is -2.10. The number of aromatic nitrogens is 5. The summed E-state index contributed by atoms with van der Waals surface area (Å²) in [5, 5.41) is 25.1. The Morgan fingerprint density at radius 2 is 0.602 bits per heavy atom. The molecule has 0 saturated carbocycles. The molecule has 6 nitrogen and oxygen atoms in total. The summed E-state index contributed by atoms with van der Waals surface area (Å²) in [6, 6.07) is 140. The highest BCUT2D eigenvalue weighted by Gasteiger charge is 2.25. The fraction of sp³-hybridized carbons (Fsp3) is 0.0342. The number of pyridine rings is 3. The van der Waals surface area contributed by atoms with Crippen molar-refractivity contribution in [2.45, 2.75) is 26.2 Å². The van der Waals surface area contributed by atoms with E-state index >= 15 is 0 Å². The minimum absolute atomic E-state index is 0.0757. The Kier molecular flexibility index (Phi) is 17.4. The van der Waals surface area contributed by atoms with E-state index in [0.717, 1.165) is 55.6 Å². The Labute approximate surface area is 711 Å². The molecule has 25 aromatic rings. The fourth-order valence-corrected chi connectivity index (χ4v) is 19.7. The van der Waals surface area contributed by atoms with Crippen molar-refractivity contribution in [3.05, 3.63) is 431 Å². The SMILES string of the molecule is CC(C)(C)c1cc2ccc3c(-c4ccncc4)cc(-c4ccc(-c5cccc6c5oc5ccccc56)cc4)c4ccc(c1)c2c34.c1cncc(-c2c3ccccc3c(-c3ccc(-n4c5ccccc5c5ccccc54)cc3)c3ccccc23)c1.c1cncc(-c2c3ccccc3c(-c3cccc(-n4c5ccccc5c5ccccc54)c3)c3ccccc23)c1. The summed E-state index contributed by atoms with van der Waals surface area (Å²) in [4.78, 5) is 13.2. The molecule has 19 aromatic carbocycles. The minimum Gasteiger partial charge on any atom is -0.455 e. The van der Waals surface area contributed by atoms with Gasteiger partial charge in [0.2, 0.25) is 0 Å². The van der Waals surface area contributed by atoms with E-state index in [1.54, 1.807) is 0 Å². The van der Waals surface area contributed by atoms with Crippen LogP contribution in [0.15, 0.2) is 430 Å². The van der Waals surface area contributed by atoms with Gasteiger partial charge in [0.15, 0.2) is 0 Å². The van der Waals surface area contributed by atoms with Crippen LogP contribution in [-0.4, -0.2) is 24.1 Å². The molecule has 0 aliphatic carbocycles. The smallest absolute Gasteiger partial charge is 0.143 e. The molecule has 0 aliphatic heterocycles. The fourth-order valence-electron chi connectivity index (χ4n) is 19.7. The van der Waals surface area contributed by atoms with E-state index in [0.29, 0.717) is 0 Å². The maximum Gasteiger partial charge on any atom is 0.143 e. The molecular formula is C117H79N5O. The minimum atomic E-state index is 0.0757. The number of fused-ring (bicyclic) bond motifs is 13. The van der Waals surface area contributed by atoms with E-state index in [1.807, 2.05) is 61.4 Å². The molecule has 123 heavy (non-hydrogen) atoms. The molecule has 0 saturated heterocycles. The van der Waals surface area contributed by atoms with Crippen LogP contribution in [0.3, 0.4) is 0 Å². The number of benzene rings is 19. The summed E-state index contributed by atoms with van der Waals surface area (Å²) in [6.45, 7) is 6.87. The highest BCUT2D eigenvalue weighted by molar-refractivity contribution is 6.29. The number of rotatable bonds is 9. The standard InChI is InChI=1S/C43H31NO.2C37H24N2/c1-43(2,3)31-23-29-15-17-34-37(25-38(28-19-21-44-22-20-28)35-18-16-30(24-31)40(29)41(34)35)27-13-11-26(12-14-27)32-8-6-9-36-33-7-4-5-10-39(33)45-42(32)36;1-3-18-32-30(16-1)36(31-17-2-4-19-33(31)37(32)26-12-10-22-38-24-26)25-11-9-13-27(23-25)39-34-20-7-5-14-28(34)29-15-6-8-21-35(29)39;1-3-15-32-30(13-1)36(31-14-2-4-16-33(31)37(32)26-10-9-23-38-24-26)25-19-21-27(22-20-25)39-34-17-7-5-11-28(34)29-12-6-8-18-35(29)39/h4-25H,1-3H3;2*1-24H. The Hall–Kier alpha value is -15.9. The van der Waals surface area contributed by atoms with Crippen LogP contribution < -0.4 is 0 Å². The lowest BCUT2D eigenvalue weighted by atomic mass is 9.81. The summed E-state index contributed by atoms with van der Waals surface area (Å²) in [5.74, 6) is 0. The zero-order valence-electron chi connectivity index (χ0n) is 68.1. The first-order valence-electron chi connectivity index (χ1n) is 42.2. The van der Waals surface area contributed by atoms with Crippen LogP contribution in [0.2, 0.25) is 0 Å². The molecule has 0 aliphatic rings. The van der Waals surface area contributed by atoms with Gasteiger partial charge in [-0.05, 0) is 233 Å². The maximum absolute atomic E-state index is 6.36. The van der Waals surface area contributed by atoms with Crippen molar-refractivity contribution in [1.82, 2.24) is 24.1 Å². The quantitative estimate of drug-likeness (QED) is 0.107. The van der Waals surface area contributed by atoms with Gasteiger partial charge in [0.25, 0.3) is 0 Å². The largest absolute Gasteiger partial charge is 0.455 e. The first-order chi connectivity index (χ1) is 60.7. The third-order valence-electron chi connectivity index (χ3n) is 25.2. The van der Waals surface area contributed by atoms with E-state index in [-0.39, 0.29) is 5.41 Å². The van der Waals surface area contributed by atoms with Gasteiger partial charge in [-0.3, -0.25) is 15.0 Å². The molecule has 0 spiro atoms. The average Bonchev–Trinajstić information content (AvgIpc) is 1.64. The second kappa shape index (κ2) is 29.6. The highest BCUT2D eigenvalue weighted by atomic mass is 16.3. The maximum atomic E-state index is 6.36. The van der Waals surface area contributed by atoms with Crippen LogP contribution in [0.5, 0.6) is 0 Å². The monoisotopic (exact) mass is 1570 g/mol. The van der Waals surface area contributed by atoms with Gasteiger partial charge in [-0.25, -0.2) is 0 Å². The van der Waals surface area contributed by atoms with E-state index < -0.39 is 0 Å². The number of nitrogens with zero attached hydrogens (tertiary/aromatic N) is 5. The van der Waals surface area contributed by atoms with Gasteiger partial charge in [-0.15, -0.1) is 0 Å². The second-order valence-corrected chi connectivity index (χ2v) is 33.2. The second-order valence-electron chi connectivity index (χ2n) is 33.2. The molecule has 6 heterocycles. The summed E-state index contributed by atoms with van der Waals surface area (Å²) in [7, 11) is 0. The summed E-state index contributed by atoms with van der Waals surface area (Å²) in [5.41, 5.74) is 27.3. The molecule has 0 bridgehead atoms. The number of furan rings is 1. The number of hydrogen-bond donors (Lipinski definition) is 0. The van der Waals surface area contributed by atoms with Crippen molar-refractivity contribution in [3.63, 3.8) is 0 Å². The van der Waals surface area contributed by atoms with Crippen molar-refractivity contribution in [2.24, 2.45) is 0 Å². The van der Waals surface area contributed by atoms with Crippen molar-refractivity contribution in [1.29, 1.82) is 0 Å². The molecule has 6 aromatic heterocycles. The zero-order chi connectivity index (χ0) is 81.8. The molecule has 578 valence electrons. The first kappa shape index (κ1) is 72.3. The van der Waals surface area contributed by atoms with E-state index in [9.17, 15) is 0 Å². The third-order valence-corrected chi connectivity index (χ3v) is 25.2. The van der Waals surface area contributed by atoms with Crippen molar-refractivity contribution >= 4 is 141 Å². The molecule has 0 fully saturated rings. The highest BCUT2D eigenvalue weighted by Crippen LogP contribution is 2.50. The van der Waals surface area contributed by atoms with Gasteiger partial charge in [0, 0.05) is 97.6 Å². The van der Waals surface area contributed by atoms with E-state index in [4.69, 9.17) is 4.42 Å². The molecule has 0 unspecified atom stereocenters. The lowest BCUT2D eigenvalue weighted by Gasteiger charge is -2.23. The predicted octanol–water partition coefficient (Wildman–Crippen LogP) is 31.8.